The van der Waals surface area contributed by atoms with E-state index in [0.717, 1.165) is 42.6 Å². The number of carbonyl (C=O) groups is 1. The van der Waals surface area contributed by atoms with Crippen LogP contribution in [0, 0.1) is 6.92 Å². The lowest BCUT2D eigenvalue weighted by molar-refractivity contribution is -0.128. The Labute approximate surface area is 164 Å². The van der Waals surface area contributed by atoms with E-state index in [-0.39, 0.29) is 5.91 Å². The zero-order valence-corrected chi connectivity index (χ0v) is 16.3. The molecule has 27 heavy (non-hydrogen) atoms. The molecule has 2 aliphatic rings. The molecule has 0 spiro atoms. The second-order valence-corrected chi connectivity index (χ2v) is 7.85. The van der Waals surface area contributed by atoms with Crippen LogP contribution in [0.2, 0.25) is 0 Å². The van der Waals surface area contributed by atoms with Crippen LogP contribution in [0.1, 0.15) is 5.56 Å². The average molecular weight is 385 g/mol. The summed E-state index contributed by atoms with van der Waals surface area (Å²) in [5.41, 5.74) is 2.51. The minimum absolute atomic E-state index is 0.193. The molecular weight excluding hydrogens is 360 g/mol. The first-order valence-electron chi connectivity index (χ1n) is 9.31. The number of amides is 1. The van der Waals surface area contributed by atoms with E-state index < -0.39 is 0 Å². The van der Waals surface area contributed by atoms with Crippen molar-refractivity contribution in [2.24, 2.45) is 0 Å². The Morgan fingerprint density at radius 2 is 1.78 bits per heavy atom. The molecular formula is C21H24N2O3S. The van der Waals surface area contributed by atoms with Gasteiger partial charge in [-0.3, -0.25) is 4.79 Å². The molecule has 0 N–H and O–H groups in total. The molecule has 0 atom stereocenters. The number of piperazine rings is 1. The van der Waals surface area contributed by atoms with Crippen molar-refractivity contribution in [3.8, 4) is 11.5 Å². The first-order valence-corrected chi connectivity index (χ1v) is 10.3. The molecule has 1 saturated heterocycles. The number of fused-ring (bicyclic) bond motifs is 1. The van der Waals surface area contributed by atoms with Gasteiger partial charge in [-0.2, -0.15) is 0 Å². The molecule has 0 radical (unpaired) electrons. The van der Waals surface area contributed by atoms with Crippen LogP contribution in [0.5, 0.6) is 11.5 Å². The molecule has 0 saturated carbocycles. The largest absolute Gasteiger partial charge is 0.486 e. The Balaban J connectivity index is 1.28. The highest BCUT2D eigenvalue weighted by Crippen LogP contribution is 2.34. The summed E-state index contributed by atoms with van der Waals surface area (Å²) in [6.45, 7) is 6.58. The van der Waals surface area contributed by atoms with Gasteiger partial charge < -0.3 is 19.3 Å². The van der Waals surface area contributed by atoms with Crippen molar-refractivity contribution in [1.29, 1.82) is 0 Å². The fourth-order valence-corrected chi connectivity index (χ4v) is 4.22. The van der Waals surface area contributed by atoms with Crippen molar-refractivity contribution in [2.45, 2.75) is 11.8 Å². The maximum atomic E-state index is 12.6. The molecule has 2 heterocycles. The number of hydrogen-bond donors (Lipinski definition) is 0. The van der Waals surface area contributed by atoms with Gasteiger partial charge in [-0.15, -0.1) is 11.8 Å². The third-order valence-electron chi connectivity index (χ3n) is 4.88. The number of ether oxygens (including phenoxy) is 2. The predicted molar refractivity (Wildman–Crippen MR) is 108 cm³/mol. The third kappa shape index (κ3) is 4.33. The van der Waals surface area contributed by atoms with E-state index in [4.69, 9.17) is 9.47 Å². The van der Waals surface area contributed by atoms with Gasteiger partial charge in [-0.25, -0.2) is 0 Å². The lowest BCUT2D eigenvalue weighted by Crippen LogP contribution is -2.49. The summed E-state index contributed by atoms with van der Waals surface area (Å²) in [4.78, 5) is 17.9. The molecule has 6 heteroatoms. The Morgan fingerprint density at radius 1 is 1.00 bits per heavy atom. The van der Waals surface area contributed by atoms with Crippen molar-refractivity contribution in [2.75, 3.05) is 50.0 Å². The average Bonchev–Trinajstić information content (AvgIpc) is 2.72. The van der Waals surface area contributed by atoms with E-state index in [2.05, 4.69) is 36.1 Å². The van der Waals surface area contributed by atoms with Crippen LogP contribution in [0.15, 0.2) is 47.4 Å². The highest BCUT2D eigenvalue weighted by molar-refractivity contribution is 8.00. The molecule has 4 rings (SSSR count). The first kappa shape index (κ1) is 18.0. The third-order valence-corrected chi connectivity index (χ3v) is 5.85. The Bertz CT molecular complexity index is 819. The molecule has 0 aliphatic carbocycles. The molecule has 2 aromatic carbocycles. The number of hydrogen-bond acceptors (Lipinski definition) is 5. The van der Waals surface area contributed by atoms with Gasteiger partial charge in [0.1, 0.15) is 13.2 Å². The summed E-state index contributed by atoms with van der Waals surface area (Å²) in [6, 6.07) is 14.4. The smallest absolute Gasteiger partial charge is 0.233 e. The van der Waals surface area contributed by atoms with Gasteiger partial charge >= 0.3 is 0 Å². The Morgan fingerprint density at radius 3 is 2.56 bits per heavy atom. The number of aryl methyl sites for hydroxylation is 1. The van der Waals surface area contributed by atoms with Crippen LogP contribution < -0.4 is 14.4 Å². The number of rotatable bonds is 4. The van der Waals surface area contributed by atoms with Gasteiger partial charge in [0, 0.05) is 36.8 Å². The first-order chi connectivity index (χ1) is 13.2. The molecule has 0 bridgehead atoms. The van der Waals surface area contributed by atoms with Crippen LogP contribution in [-0.2, 0) is 4.79 Å². The van der Waals surface area contributed by atoms with E-state index in [1.165, 1.54) is 11.3 Å². The normalized spacial score (nSPS) is 16.3. The minimum Gasteiger partial charge on any atom is -0.486 e. The predicted octanol–water partition coefficient (Wildman–Crippen LogP) is 3.21. The van der Waals surface area contributed by atoms with Crippen molar-refractivity contribution >= 4 is 23.4 Å². The van der Waals surface area contributed by atoms with E-state index >= 15 is 0 Å². The van der Waals surface area contributed by atoms with Gasteiger partial charge in [0.15, 0.2) is 11.5 Å². The fourth-order valence-electron chi connectivity index (χ4n) is 3.39. The summed E-state index contributed by atoms with van der Waals surface area (Å²) < 4.78 is 11.1. The molecule has 0 unspecified atom stereocenters. The Kier molecular flexibility index (Phi) is 5.43. The lowest BCUT2D eigenvalue weighted by Gasteiger charge is -2.36. The molecule has 0 aromatic heterocycles. The maximum Gasteiger partial charge on any atom is 0.233 e. The minimum atomic E-state index is 0.193. The van der Waals surface area contributed by atoms with Gasteiger partial charge in [0.05, 0.1) is 5.75 Å². The lowest BCUT2D eigenvalue weighted by atomic mass is 10.2. The van der Waals surface area contributed by atoms with Gasteiger partial charge in [-0.05, 0) is 42.8 Å². The quantitative estimate of drug-likeness (QED) is 0.758. The number of nitrogens with zero attached hydrogens (tertiary/aromatic N) is 2. The zero-order valence-electron chi connectivity index (χ0n) is 15.5. The topological polar surface area (TPSA) is 42.0 Å². The van der Waals surface area contributed by atoms with Crippen molar-refractivity contribution in [1.82, 2.24) is 4.90 Å². The highest BCUT2D eigenvalue weighted by atomic mass is 32.2. The molecule has 1 amide bonds. The zero-order chi connectivity index (χ0) is 18.6. The van der Waals surface area contributed by atoms with Crippen molar-refractivity contribution in [3.63, 3.8) is 0 Å². The summed E-state index contributed by atoms with van der Waals surface area (Å²) in [5, 5.41) is 0. The summed E-state index contributed by atoms with van der Waals surface area (Å²) in [6.07, 6.45) is 0. The highest BCUT2D eigenvalue weighted by Gasteiger charge is 2.21. The Hall–Kier alpha value is -2.34. The van der Waals surface area contributed by atoms with E-state index in [1.807, 2.05) is 23.1 Å². The van der Waals surface area contributed by atoms with E-state index in [1.54, 1.807) is 11.8 Å². The van der Waals surface area contributed by atoms with Crippen LogP contribution in [-0.4, -0.2) is 56.0 Å². The van der Waals surface area contributed by atoms with E-state index in [9.17, 15) is 4.79 Å². The summed E-state index contributed by atoms with van der Waals surface area (Å²) in [5.74, 6) is 2.19. The van der Waals surface area contributed by atoms with Crippen LogP contribution in [0.4, 0.5) is 5.69 Å². The molecule has 2 aliphatic heterocycles. The molecule has 1 fully saturated rings. The van der Waals surface area contributed by atoms with Crippen LogP contribution in [0.3, 0.4) is 0 Å². The molecule has 5 nitrogen and oxygen atoms in total. The van der Waals surface area contributed by atoms with E-state index in [0.29, 0.717) is 19.0 Å². The molecule has 142 valence electrons. The van der Waals surface area contributed by atoms with Crippen molar-refractivity contribution in [3.05, 3.63) is 48.0 Å². The van der Waals surface area contributed by atoms with Crippen LogP contribution >= 0.6 is 11.8 Å². The second kappa shape index (κ2) is 8.13. The van der Waals surface area contributed by atoms with Crippen LogP contribution in [0.25, 0.3) is 0 Å². The standard InChI is InChI=1S/C21H24N2O3S/c1-16-3-2-4-17(13-16)22-7-9-23(10-8-22)21(24)15-27-18-5-6-19-20(14-18)26-12-11-25-19/h2-6,13-14H,7-12,15H2,1H3. The molecule has 2 aromatic rings. The van der Waals surface area contributed by atoms with Gasteiger partial charge in [0.2, 0.25) is 5.91 Å². The monoisotopic (exact) mass is 384 g/mol. The van der Waals surface area contributed by atoms with Gasteiger partial charge in [0.25, 0.3) is 0 Å². The number of thioether (sulfide) groups is 1. The maximum absolute atomic E-state index is 12.6. The summed E-state index contributed by atoms with van der Waals surface area (Å²) >= 11 is 1.55. The fraction of sp³-hybridized carbons (Fsp3) is 0.381. The number of benzene rings is 2. The van der Waals surface area contributed by atoms with Gasteiger partial charge in [-0.1, -0.05) is 12.1 Å². The SMILES string of the molecule is Cc1cccc(N2CCN(C(=O)CSc3ccc4c(c3)OCCO4)CC2)c1. The number of carbonyl (C=O) groups excluding carboxylic acids is 1. The number of anilines is 1. The second-order valence-electron chi connectivity index (χ2n) is 6.80. The summed E-state index contributed by atoms with van der Waals surface area (Å²) in [7, 11) is 0. The van der Waals surface area contributed by atoms with Crippen molar-refractivity contribution < 1.29 is 14.3 Å².